The number of piperazine rings is 1. The molecule has 1 fully saturated rings. The Hall–Kier alpha value is -4.30. The number of benzene rings is 2. The van der Waals surface area contributed by atoms with Gasteiger partial charge in [0.05, 0.1) is 5.52 Å². The second kappa shape index (κ2) is 9.68. The second-order valence-electron chi connectivity index (χ2n) is 7.97. The van der Waals surface area contributed by atoms with Crippen LogP contribution in [0.2, 0.25) is 0 Å². The summed E-state index contributed by atoms with van der Waals surface area (Å²) in [5, 5.41) is 10.3. The number of nitrogens with one attached hydrogen (secondary N) is 3. The molecule has 1 aliphatic rings. The van der Waals surface area contributed by atoms with E-state index in [1.165, 1.54) is 11.8 Å². The van der Waals surface area contributed by atoms with Crippen LogP contribution in [-0.2, 0) is 4.79 Å². The van der Waals surface area contributed by atoms with Gasteiger partial charge in [-0.1, -0.05) is 24.8 Å². The molecule has 0 aliphatic carbocycles. The molecule has 1 saturated heterocycles. The van der Waals surface area contributed by atoms with Gasteiger partial charge in [-0.05, 0) is 48.0 Å². The summed E-state index contributed by atoms with van der Waals surface area (Å²) in [6.07, 6.45) is 4.69. The third-order valence-electron chi connectivity index (χ3n) is 5.72. The highest BCUT2D eigenvalue weighted by atomic mass is 16.1. The summed E-state index contributed by atoms with van der Waals surface area (Å²) >= 11 is 0. The number of fused-ring (bicyclic) bond motifs is 1. The van der Waals surface area contributed by atoms with Gasteiger partial charge in [-0.2, -0.15) is 0 Å². The van der Waals surface area contributed by atoms with E-state index < -0.39 is 0 Å². The Balaban J connectivity index is 1.41. The molecule has 0 saturated carbocycles. The number of rotatable bonds is 6. The first-order valence-corrected chi connectivity index (χ1v) is 11.2. The number of pyridine rings is 1. The van der Waals surface area contributed by atoms with Crippen LogP contribution in [0, 0.1) is 0 Å². The van der Waals surface area contributed by atoms with Gasteiger partial charge in [0, 0.05) is 60.9 Å². The summed E-state index contributed by atoms with van der Waals surface area (Å²) in [5.41, 5.74) is 4.77. The molecule has 0 spiro atoms. The molecular weight excluding hydrogens is 426 g/mol. The average molecular weight is 452 g/mol. The van der Waals surface area contributed by atoms with Crippen molar-refractivity contribution in [3.63, 3.8) is 0 Å². The number of amides is 1. The van der Waals surface area contributed by atoms with Gasteiger partial charge in [0.25, 0.3) is 0 Å². The molecule has 1 amide bonds. The maximum absolute atomic E-state index is 11.7. The molecule has 3 heterocycles. The lowest BCUT2D eigenvalue weighted by molar-refractivity contribution is -0.111. The van der Waals surface area contributed by atoms with Crippen molar-refractivity contribution in [2.24, 2.45) is 0 Å². The zero-order chi connectivity index (χ0) is 23.3. The van der Waals surface area contributed by atoms with E-state index in [1.807, 2.05) is 48.7 Å². The van der Waals surface area contributed by atoms with Crippen LogP contribution in [0.3, 0.4) is 0 Å². The summed E-state index contributed by atoms with van der Waals surface area (Å²) in [7, 11) is 0. The largest absolute Gasteiger partial charge is 0.369 e. The van der Waals surface area contributed by atoms with Crippen LogP contribution in [0.4, 0.5) is 23.1 Å². The third-order valence-corrected chi connectivity index (χ3v) is 5.72. The Morgan fingerprint density at radius 1 is 1.06 bits per heavy atom. The number of aromatic nitrogens is 3. The summed E-state index contributed by atoms with van der Waals surface area (Å²) in [4.78, 5) is 27.6. The summed E-state index contributed by atoms with van der Waals surface area (Å²) < 4.78 is 0. The minimum absolute atomic E-state index is 0.306. The van der Waals surface area contributed by atoms with Gasteiger partial charge in [0.1, 0.15) is 5.82 Å². The molecule has 1 aliphatic heterocycles. The second-order valence-corrected chi connectivity index (χ2v) is 7.97. The van der Waals surface area contributed by atoms with Crippen molar-refractivity contribution in [3.8, 4) is 11.1 Å². The number of carbonyl (C=O) groups is 1. The van der Waals surface area contributed by atoms with E-state index in [1.54, 1.807) is 6.20 Å². The first-order chi connectivity index (χ1) is 16.7. The first kappa shape index (κ1) is 21.5. The maximum Gasteiger partial charge on any atom is 0.248 e. The Kier molecular flexibility index (Phi) is 6.13. The van der Waals surface area contributed by atoms with Crippen molar-refractivity contribution in [3.05, 3.63) is 79.6 Å². The predicted octanol–water partition coefficient (Wildman–Crippen LogP) is 3.97. The van der Waals surface area contributed by atoms with Crippen LogP contribution >= 0.6 is 0 Å². The Bertz CT molecular complexity index is 1330. The first-order valence-electron chi connectivity index (χ1n) is 11.2. The molecule has 170 valence electrons. The number of hydrogen-bond donors (Lipinski definition) is 3. The lowest BCUT2D eigenvalue weighted by atomic mass is 10.0. The molecule has 3 N–H and O–H groups in total. The van der Waals surface area contributed by atoms with Crippen LogP contribution in [-0.4, -0.2) is 47.0 Å². The molecule has 0 atom stereocenters. The van der Waals surface area contributed by atoms with Gasteiger partial charge in [-0.15, -0.1) is 0 Å². The van der Waals surface area contributed by atoms with Crippen molar-refractivity contribution >= 4 is 40.0 Å². The van der Waals surface area contributed by atoms with Gasteiger partial charge in [0.2, 0.25) is 11.9 Å². The van der Waals surface area contributed by atoms with Crippen LogP contribution in [0.15, 0.2) is 79.6 Å². The molecule has 5 rings (SSSR count). The van der Waals surface area contributed by atoms with E-state index in [2.05, 4.69) is 49.5 Å². The van der Waals surface area contributed by atoms with E-state index in [-0.39, 0.29) is 5.91 Å². The smallest absolute Gasteiger partial charge is 0.248 e. The highest BCUT2D eigenvalue weighted by molar-refractivity contribution is 5.99. The van der Waals surface area contributed by atoms with Crippen LogP contribution < -0.4 is 20.9 Å². The zero-order valence-corrected chi connectivity index (χ0v) is 18.7. The molecule has 2 aromatic heterocycles. The molecule has 4 aromatic rings. The zero-order valence-electron chi connectivity index (χ0n) is 18.7. The minimum Gasteiger partial charge on any atom is -0.369 e. The molecule has 0 radical (unpaired) electrons. The highest BCUT2D eigenvalue weighted by Crippen LogP contribution is 2.29. The minimum atomic E-state index is -0.306. The standard InChI is InChI=1S/C26H25N7O/c1-2-24(34)31-23-16-18(10-11-28-23)22-5-3-4-19-17-29-26(32-25(19)22)30-20-6-8-21(9-7-20)33-14-12-27-13-15-33/h2-11,16-17,27H,1,12-15H2,(H,28,31,34)(H,29,30,32). The Morgan fingerprint density at radius 3 is 2.68 bits per heavy atom. The van der Waals surface area contributed by atoms with Gasteiger partial charge >= 0.3 is 0 Å². The monoisotopic (exact) mass is 451 g/mol. The maximum atomic E-state index is 11.7. The number of hydrogen-bond acceptors (Lipinski definition) is 7. The molecule has 8 heteroatoms. The number of nitrogens with zero attached hydrogens (tertiary/aromatic N) is 4. The van der Waals surface area contributed by atoms with E-state index in [0.29, 0.717) is 11.8 Å². The van der Waals surface area contributed by atoms with E-state index in [9.17, 15) is 4.79 Å². The van der Waals surface area contributed by atoms with Crippen molar-refractivity contribution < 1.29 is 4.79 Å². The SMILES string of the molecule is C=CC(=O)Nc1cc(-c2cccc3cnc(Nc4ccc(N5CCNCC5)cc4)nc23)ccn1. The lowest BCUT2D eigenvalue weighted by Crippen LogP contribution is -2.43. The van der Waals surface area contributed by atoms with Crippen LogP contribution in [0.25, 0.3) is 22.0 Å². The quantitative estimate of drug-likeness (QED) is 0.382. The predicted molar refractivity (Wildman–Crippen MR) is 136 cm³/mol. The van der Waals surface area contributed by atoms with E-state index in [4.69, 9.17) is 4.98 Å². The van der Waals surface area contributed by atoms with E-state index in [0.717, 1.165) is 53.9 Å². The van der Waals surface area contributed by atoms with Gasteiger partial charge in [-0.25, -0.2) is 15.0 Å². The molecule has 0 unspecified atom stereocenters. The average Bonchev–Trinajstić information content (AvgIpc) is 2.89. The Labute approximate surface area is 197 Å². The number of anilines is 4. The van der Waals surface area contributed by atoms with Crippen molar-refractivity contribution in [2.45, 2.75) is 0 Å². The van der Waals surface area contributed by atoms with Crippen LogP contribution in [0.5, 0.6) is 0 Å². The highest BCUT2D eigenvalue weighted by Gasteiger charge is 2.11. The Morgan fingerprint density at radius 2 is 1.88 bits per heavy atom. The topological polar surface area (TPSA) is 95.1 Å². The normalized spacial score (nSPS) is 13.5. The lowest BCUT2D eigenvalue weighted by Gasteiger charge is -2.29. The fraction of sp³-hybridized carbons (Fsp3) is 0.154. The number of carbonyl (C=O) groups excluding carboxylic acids is 1. The molecule has 8 nitrogen and oxygen atoms in total. The summed E-state index contributed by atoms with van der Waals surface area (Å²) in [5.74, 6) is 0.667. The summed E-state index contributed by atoms with van der Waals surface area (Å²) in [6, 6.07) is 18.0. The van der Waals surface area contributed by atoms with Gasteiger partial charge in [0.15, 0.2) is 0 Å². The van der Waals surface area contributed by atoms with Gasteiger partial charge < -0.3 is 20.9 Å². The molecule has 34 heavy (non-hydrogen) atoms. The fourth-order valence-corrected chi connectivity index (χ4v) is 4.00. The summed E-state index contributed by atoms with van der Waals surface area (Å²) in [6.45, 7) is 7.52. The molecule has 2 aromatic carbocycles. The van der Waals surface area contributed by atoms with Crippen LogP contribution in [0.1, 0.15) is 0 Å². The van der Waals surface area contributed by atoms with Crippen molar-refractivity contribution in [2.75, 3.05) is 41.7 Å². The fourth-order valence-electron chi connectivity index (χ4n) is 4.00. The van der Waals surface area contributed by atoms with Gasteiger partial charge in [-0.3, -0.25) is 4.79 Å². The van der Waals surface area contributed by atoms with Crippen molar-refractivity contribution in [1.82, 2.24) is 20.3 Å². The third kappa shape index (κ3) is 4.72. The van der Waals surface area contributed by atoms with E-state index >= 15 is 0 Å². The van der Waals surface area contributed by atoms with Crippen molar-refractivity contribution in [1.29, 1.82) is 0 Å². The molecular formula is C26H25N7O. The number of para-hydroxylation sites is 1. The molecule has 0 bridgehead atoms.